The van der Waals surface area contributed by atoms with E-state index < -0.39 is 11.6 Å². The molecule has 0 amide bonds. The number of unbranched alkanes of at least 4 members (excludes halogenated alkanes) is 1. The molecule has 2 aromatic carbocycles. The Balaban J connectivity index is 1.32. The van der Waals surface area contributed by atoms with Gasteiger partial charge in [0, 0.05) is 36.3 Å². The number of ether oxygens (including phenoxy) is 1. The summed E-state index contributed by atoms with van der Waals surface area (Å²) in [7, 11) is 0. The van der Waals surface area contributed by atoms with Gasteiger partial charge >= 0.3 is 6.01 Å². The summed E-state index contributed by atoms with van der Waals surface area (Å²) in [6.07, 6.45) is 11.9. The second-order valence-corrected chi connectivity index (χ2v) is 13.8. The van der Waals surface area contributed by atoms with Crippen molar-refractivity contribution in [2.24, 2.45) is 11.3 Å². The number of aromatic nitrogens is 3. The van der Waals surface area contributed by atoms with Crippen LogP contribution < -0.4 is 9.64 Å². The SMILES string of the molecule is CCCCN(CO)c1nc(OCC23CCCC2N(CC2CC2)CCC3)nc2c(F)c(-c3cc(O)cc4ccc(F)c(CC)c34)ncc12. The molecule has 2 unspecified atom stereocenters. The number of hydrogen-bond acceptors (Lipinski definition) is 8. The fourth-order valence-corrected chi connectivity index (χ4v) is 8.21. The number of nitrogens with zero attached hydrogens (tertiary/aromatic N) is 5. The van der Waals surface area contributed by atoms with Crippen LogP contribution in [0.15, 0.2) is 30.5 Å². The molecule has 4 aromatic rings. The molecule has 250 valence electrons. The summed E-state index contributed by atoms with van der Waals surface area (Å²) in [5.74, 6) is -0.00164. The van der Waals surface area contributed by atoms with E-state index in [1.807, 2.05) is 6.92 Å². The molecule has 2 aromatic heterocycles. The van der Waals surface area contributed by atoms with Crippen LogP contribution in [0.5, 0.6) is 11.8 Å². The number of fused-ring (bicyclic) bond motifs is 3. The zero-order chi connectivity index (χ0) is 32.7. The molecule has 7 rings (SSSR count). The van der Waals surface area contributed by atoms with E-state index >= 15 is 4.39 Å². The lowest BCUT2D eigenvalue weighted by Gasteiger charge is -2.46. The lowest BCUT2D eigenvalue weighted by atomic mass is 9.75. The zero-order valence-corrected chi connectivity index (χ0v) is 27.4. The maximum Gasteiger partial charge on any atom is 0.319 e. The molecule has 2 atom stereocenters. The Morgan fingerprint density at radius 2 is 1.91 bits per heavy atom. The third-order valence-electron chi connectivity index (χ3n) is 10.8. The van der Waals surface area contributed by atoms with Crippen LogP contribution in [0.4, 0.5) is 14.6 Å². The Hall–Kier alpha value is -3.63. The minimum atomic E-state index is -0.715. The fraction of sp³-hybridized carbons (Fsp3) is 0.541. The van der Waals surface area contributed by atoms with Crippen molar-refractivity contribution in [3.8, 4) is 23.0 Å². The lowest BCUT2D eigenvalue weighted by molar-refractivity contribution is -0.00242. The molecular formula is C37H45F2N5O3. The number of pyridine rings is 1. The first-order chi connectivity index (χ1) is 22.9. The predicted molar refractivity (Wildman–Crippen MR) is 180 cm³/mol. The number of aryl methyl sites for hydroxylation is 1. The normalized spacial score (nSPS) is 21.4. The van der Waals surface area contributed by atoms with Gasteiger partial charge in [0.25, 0.3) is 0 Å². The van der Waals surface area contributed by atoms with Crippen LogP contribution in [0.3, 0.4) is 0 Å². The van der Waals surface area contributed by atoms with Crippen LogP contribution in [0.25, 0.3) is 32.9 Å². The zero-order valence-electron chi connectivity index (χ0n) is 27.4. The molecule has 47 heavy (non-hydrogen) atoms. The first-order valence-electron chi connectivity index (χ1n) is 17.4. The molecular weight excluding hydrogens is 600 g/mol. The van der Waals surface area contributed by atoms with E-state index in [9.17, 15) is 14.6 Å². The highest BCUT2D eigenvalue weighted by molar-refractivity contribution is 6.01. The molecule has 2 aliphatic carbocycles. The molecule has 8 nitrogen and oxygen atoms in total. The summed E-state index contributed by atoms with van der Waals surface area (Å²) in [6, 6.07) is 6.45. The minimum Gasteiger partial charge on any atom is -0.508 e. The van der Waals surface area contributed by atoms with Crippen molar-refractivity contribution in [3.63, 3.8) is 0 Å². The number of aliphatic hydroxyl groups is 1. The largest absolute Gasteiger partial charge is 0.508 e. The van der Waals surface area contributed by atoms with Gasteiger partial charge in [0.05, 0.1) is 12.0 Å². The average molecular weight is 646 g/mol. The molecule has 3 aliphatic rings. The smallest absolute Gasteiger partial charge is 0.319 e. The van der Waals surface area contributed by atoms with Crippen molar-refractivity contribution < 1.29 is 23.7 Å². The highest BCUT2D eigenvalue weighted by Gasteiger charge is 2.49. The topological polar surface area (TPSA) is 94.8 Å². The third-order valence-corrected chi connectivity index (χ3v) is 10.8. The van der Waals surface area contributed by atoms with Crippen molar-refractivity contribution in [1.29, 1.82) is 0 Å². The number of halogens is 2. The number of piperidine rings is 1. The van der Waals surface area contributed by atoms with Gasteiger partial charge in [-0.2, -0.15) is 9.97 Å². The highest BCUT2D eigenvalue weighted by atomic mass is 19.1. The maximum atomic E-state index is 16.8. The second-order valence-electron chi connectivity index (χ2n) is 13.8. The summed E-state index contributed by atoms with van der Waals surface area (Å²) in [5.41, 5.74) is 0.680. The number of benzene rings is 2. The number of aromatic hydroxyl groups is 1. The monoisotopic (exact) mass is 645 g/mol. The summed E-state index contributed by atoms with van der Waals surface area (Å²) < 4.78 is 38.3. The van der Waals surface area contributed by atoms with Crippen LogP contribution in [0, 0.1) is 23.0 Å². The van der Waals surface area contributed by atoms with Gasteiger partial charge < -0.3 is 19.8 Å². The third kappa shape index (κ3) is 5.99. The van der Waals surface area contributed by atoms with Crippen LogP contribution in [-0.4, -0.2) is 69.1 Å². The van der Waals surface area contributed by atoms with Gasteiger partial charge in [0.2, 0.25) is 0 Å². The summed E-state index contributed by atoms with van der Waals surface area (Å²) in [5, 5.41) is 22.4. The number of rotatable bonds is 12. The Morgan fingerprint density at radius 1 is 1.09 bits per heavy atom. The van der Waals surface area contributed by atoms with Crippen LogP contribution in [0.1, 0.15) is 77.2 Å². The summed E-state index contributed by atoms with van der Waals surface area (Å²) in [6.45, 7) is 6.86. The van der Waals surface area contributed by atoms with Crippen molar-refractivity contribution >= 4 is 27.5 Å². The Bertz CT molecular complexity index is 1780. The minimum absolute atomic E-state index is 0.00749. The van der Waals surface area contributed by atoms with E-state index in [2.05, 4.69) is 21.8 Å². The second kappa shape index (κ2) is 13.1. The number of hydrogen-bond donors (Lipinski definition) is 2. The van der Waals surface area contributed by atoms with Gasteiger partial charge in [0.1, 0.15) is 35.3 Å². The van der Waals surface area contributed by atoms with Gasteiger partial charge in [-0.3, -0.25) is 9.88 Å². The molecule has 10 heteroatoms. The van der Waals surface area contributed by atoms with E-state index in [-0.39, 0.29) is 40.7 Å². The fourth-order valence-electron chi connectivity index (χ4n) is 8.21. The average Bonchev–Trinajstić information content (AvgIpc) is 3.79. The Labute approximate surface area is 274 Å². The van der Waals surface area contributed by atoms with E-state index in [1.165, 1.54) is 37.7 Å². The standard InChI is InChI=1S/C37H45F2N5O3/c1-3-5-15-44(22-45)35-28-19-40-33(27-18-25(46)17-24-11-12-29(38)26(4-2)31(24)27)32(39)34(28)41-36(42-35)47-21-37-13-6-8-30(37)43(16-7-14-37)20-23-9-10-23/h11-12,17-19,23,30,45-46H,3-10,13-16,20-22H2,1-2H3. The van der Waals surface area contributed by atoms with Crippen molar-refractivity contribution in [2.45, 2.75) is 84.1 Å². The van der Waals surface area contributed by atoms with Gasteiger partial charge in [-0.05, 0) is 98.4 Å². The van der Waals surface area contributed by atoms with Crippen LogP contribution in [-0.2, 0) is 6.42 Å². The number of likely N-dealkylation sites (tertiary alicyclic amines) is 1. The maximum absolute atomic E-state index is 16.8. The highest BCUT2D eigenvalue weighted by Crippen LogP contribution is 2.49. The van der Waals surface area contributed by atoms with Gasteiger partial charge in [0.15, 0.2) is 5.82 Å². The summed E-state index contributed by atoms with van der Waals surface area (Å²) >= 11 is 0. The number of aliphatic hydroxyl groups excluding tert-OH is 1. The van der Waals surface area contributed by atoms with Crippen molar-refractivity contribution in [1.82, 2.24) is 19.9 Å². The van der Waals surface area contributed by atoms with E-state index in [1.54, 1.807) is 17.0 Å². The molecule has 2 N–H and O–H groups in total. The quantitative estimate of drug-likeness (QED) is 0.154. The molecule has 2 saturated carbocycles. The molecule has 0 bridgehead atoms. The van der Waals surface area contributed by atoms with Gasteiger partial charge in [-0.15, -0.1) is 0 Å². The first-order valence-corrected chi connectivity index (χ1v) is 17.4. The van der Waals surface area contributed by atoms with E-state index in [0.29, 0.717) is 53.2 Å². The van der Waals surface area contributed by atoms with E-state index in [0.717, 1.165) is 57.4 Å². The molecule has 0 radical (unpaired) electrons. The molecule has 0 spiro atoms. The molecule has 1 saturated heterocycles. The number of phenols is 1. The van der Waals surface area contributed by atoms with Crippen molar-refractivity contribution in [3.05, 3.63) is 47.7 Å². The van der Waals surface area contributed by atoms with Gasteiger partial charge in [-0.1, -0.05) is 32.8 Å². The van der Waals surface area contributed by atoms with Crippen molar-refractivity contribution in [2.75, 3.05) is 37.9 Å². The van der Waals surface area contributed by atoms with Crippen LogP contribution in [0.2, 0.25) is 0 Å². The Morgan fingerprint density at radius 3 is 2.68 bits per heavy atom. The van der Waals surface area contributed by atoms with E-state index in [4.69, 9.17) is 9.72 Å². The van der Waals surface area contributed by atoms with Crippen LogP contribution >= 0.6 is 0 Å². The summed E-state index contributed by atoms with van der Waals surface area (Å²) in [4.78, 5) is 18.3. The van der Waals surface area contributed by atoms with Gasteiger partial charge in [-0.25, -0.2) is 8.78 Å². The molecule has 3 heterocycles. The molecule has 3 fully saturated rings. The first kappa shape index (κ1) is 31.9. The number of anilines is 1. The Kier molecular flexibility index (Phi) is 8.91. The number of phenolic OH excluding ortho intramolecular Hbond substituents is 1. The predicted octanol–water partition coefficient (Wildman–Crippen LogP) is 7.37. The lowest BCUT2D eigenvalue weighted by Crippen LogP contribution is -2.52. The molecule has 1 aliphatic heterocycles.